The Hall–Kier alpha value is -3.56. The molecular formula is C29H36F3NO6. The maximum absolute atomic E-state index is 13.4. The van der Waals surface area contributed by atoms with Gasteiger partial charge in [0.05, 0.1) is 18.9 Å². The lowest BCUT2D eigenvalue weighted by atomic mass is 9.78. The fraction of sp³-hybridized carbons (Fsp3) is 0.483. The quantitative estimate of drug-likeness (QED) is 0.313. The molecule has 39 heavy (non-hydrogen) atoms. The maximum Gasteiger partial charge on any atom is 0.573 e. The first-order chi connectivity index (χ1) is 18.2. The van der Waals surface area contributed by atoms with Crippen molar-refractivity contribution < 1.29 is 41.8 Å². The van der Waals surface area contributed by atoms with Gasteiger partial charge >= 0.3 is 18.3 Å². The number of amides is 1. The van der Waals surface area contributed by atoms with Crippen LogP contribution in [0.5, 0.6) is 5.75 Å². The third-order valence-corrected chi connectivity index (χ3v) is 5.66. The first-order valence-corrected chi connectivity index (χ1v) is 12.9. The average Bonchev–Trinajstić information content (AvgIpc) is 2.83. The number of halogens is 3. The minimum atomic E-state index is -4.83. The van der Waals surface area contributed by atoms with Gasteiger partial charge in [0.2, 0.25) is 0 Å². The summed E-state index contributed by atoms with van der Waals surface area (Å²) >= 11 is 0. The molecule has 2 atom stereocenters. The van der Waals surface area contributed by atoms with Crippen LogP contribution in [0.2, 0.25) is 0 Å². The molecule has 0 aliphatic heterocycles. The Kier molecular flexibility index (Phi) is 11.4. The fourth-order valence-electron chi connectivity index (χ4n) is 4.11. The van der Waals surface area contributed by atoms with Gasteiger partial charge in [-0.1, -0.05) is 37.6 Å². The summed E-state index contributed by atoms with van der Waals surface area (Å²) in [5.74, 6) is -2.84. The van der Waals surface area contributed by atoms with E-state index in [0.29, 0.717) is 17.5 Å². The second kappa shape index (κ2) is 14.0. The number of esters is 2. The van der Waals surface area contributed by atoms with Gasteiger partial charge in [-0.15, -0.1) is 13.2 Å². The Morgan fingerprint density at radius 2 is 1.49 bits per heavy atom. The average molecular weight is 552 g/mol. The van der Waals surface area contributed by atoms with Crippen molar-refractivity contribution in [1.82, 2.24) is 5.32 Å². The van der Waals surface area contributed by atoms with Crippen LogP contribution in [0.4, 0.5) is 13.2 Å². The van der Waals surface area contributed by atoms with Crippen LogP contribution in [0, 0.1) is 0 Å². The summed E-state index contributed by atoms with van der Waals surface area (Å²) in [6.45, 7) is 9.29. The van der Waals surface area contributed by atoms with Gasteiger partial charge in [-0.3, -0.25) is 14.4 Å². The lowest BCUT2D eigenvalue weighted by molar-refractivity contribution is -0.274. The van der Waals surface area contributed by atoms with Crippen molar-refractivity contribution in [2.45, 2.75) is 77.7 Å². The zero-order chi connectivity index (χ0) is 29.2. The summed E-state index contributed by atoms with van der Waals surface area (Å²) in [7, 11) is 0. The Morgan fingerprint density at radius 3 is 2.00 bits per heavy atom. The second-order valence-electron chi connectivity index (χ2n) is 9.96. The molecule has 7 nitrogen and oxygen atoms in total. The highest BCUT2D eigenvalue weighted by atomic mass is 19.4. The first-order valence-electron chi connectivity index (χ1n) is 12.9. The number of ether oxygens (including phenoxy) is 3. The molecule has 0 radical (unpaired) electrons. The van der Waals surface area contributed by atoms with Crippen LogP contribution >= 0.6 is 0 Å². The van der Waals surface area contributed by atoms with Crippen molar-refractivity contribution in [3.8, 4) is 5.75 Å². The lowest BCUT2D eigenvalue weighted by Crippen LogP contribution is -2.31. The normalized spacial score (nSPS) is 13.2. The molecule has 0 aliphatic rings. The van der Waals surface area contributed by atoms with Gasteiger partial charge < -0.3 is 19.5 Å². The molecule has 0 aromatic heterocycles. The van der Waals surface area contributed by atoms with Crippen molar-refractivity contribution in [1.29, 1.82) is 0 Å². The van der Waals surface area contributed by atoms with Crippen LogP contribution in [0.3, 0.4) is 0 Å². The first kappa shape index (κ1) is 31.7. The Balaban J connectivity index is 2.33. The van der Waals surface area contributed by atoms with Crippen molar-refractivity contribution in [2.75, 3.05) is 13.2 Å². The van der Waals surface area contributed by atoms with E-state index in [-0.39, 0.29) is 37.1 Å². The van der Waals surface area contributed by atoms with Gasteiger partial charge in [-0.05, 0) is 69.5 Å². The van der Waals surface area contributed by atoms with Gasteiger partial charge in [0.1, 0.15) is 11.4 Å². The number of rotatable bonds is 12. The Morgan fingerprint density at radius 1 is 0.897 bits per heavy atom. The zero-order valence-electron chi connectivity index (χ0n) is 22.9. The minimum absolute atomic E-state index is 0.0562. The summed E-state index contributed by atoms with van der Waals surface area (Å²) in [6.07, 6.45) is -3.48. The number of carbonyl (C=O) groups excluding carboxylic acids is 3. The largest absolute Gasteiger partial charge is 0.573 e. The molecule has 0 aliphatic carbocycles. The summed E-state index contributed by atoms with van der Waals surface area (Å²) in [4.78, 5) is 37.4. The summed E-state index contributed by atoms with van der Waals surface area (Å²) < 4.78 is 52.5. The highest BCUT2D eigenvalue weighted by Crippen LogP contribution is 2.39. The lowest BCUT2D eigenvalue weighted by Gasteiger charge is -2.30. The third kappa shape index (κ3) is 10.6. The summed E-state index contributed by atoms with van der Waals surface area (Å²) in [6, 6.07) is 12.0. The van der Waals surface area contributed by atoms with Crippen molar-refractivity contribution in [3.05, 3.63) is 65.2 Å². The van der Waals surface area contributed by atoms with Crippen LogP contribution < -0.4 is 10.1 Å². The Labute approximate surface area is 227 Å². The maximum atomic E-state index is 13.4. The molecular weight excluding hydrogens is 515 g/mol. The van der Waals surface area contributed by atoms with Crippen molar-refractivity contribution >= 4 is 17.8 Å². The monoisotopic (exact) mass is 551 g/mol. The highest BCUT2D eigenvalue weighted by Gasteiger charge is 2.35. The molecule has 1 amide bonds. The minimum Gasteiger partial charge on any atom is -0.466 e. The van der Waals surface area contributed by atoms with E-state index in [1.807, 2.05) is 6.92 Å². The van der Waals surface area contributed by atoms with E-state index in [1.165, 1.54) is 24.3 Å². The predicted molar refractivity (Wildman–Crippen MR) is 139 cm³/mol. The fourth-order valence-corrected chi connectivity index (χ4v) is 4.11. The van der Waals surface area contributed by atoms with E-state index < -0.39 is 29.8 Å². The molecule has 10 heteroatoms. The highest BCUT2D eigenvalue weighted by molar-refractivity contribution is 5.94. The topological polar surface area (TPSA) is 90.9 Å². The van der Waals surface area contributed by atoms with E-state index >= 15 is 0 Å². The molecule has 214 valence electrons. The number of hydrogen-bond acceptors (Lipinski definition) is 6. The molecule has 0 saturated heterocycles. The van der Waals surface area contributed by atoms with E-state index in [9.17, 15) is 27.6 Å². The molecule has 0 unspecified atom stereocenters. The number of nitrogens with one attached hydrogen (secondary N) is 1. The van der Waals surface area contributed by atoms with Gasteiger partial charge in [0.15, 0.2) is 0 Å². The second-order valence-corrected chi connectivity index (χ2v) is 9.96. The van der Waals surface area contributed by atoms with Gasteiger partial charge in [0.25, 0.3) is 5.91 Å². The number of carbonyl (C=O) groups is 3. The third-order valence-electron chi connectivity index (χ3n) is 5.66. The smallest absolute Gasteiger partial charge is 0.466 e. The van der Waals surface area contributed by atoms with E-state index in [2.05, 4.69) is 10.1 Å². The van der Waals surface area contributed by atoms with E-state index in [0.717, 1.165) is 12.0 Å². The number of hydrogen-bond donors (Lipinski definition) is 1. The van der Waals surface area contributed by atoms with Crippen LogP contribution in [0.1, 0.15) is 87.2 Å². The van der Waals surface area contributed by atoms with Crippen LogP contribution in [0.15, 0.2) is 48.5 Å². The van der Waals surface area contributed by atoms with Crippen molar-refractivity contribution in [2.24, 2.45) is 0 Å². The molecule has 0 bridgehead atoms. The van der Waals surface area contributed by atoms with Gasteiger partial charge in [0, 0.05) is 18.0 Å². The summed E-state index contributed by atoms with van der Waals surface area (Å²) in [5.41, 5.74) is 0.849. The SMILES string of the molecule is CCC[C@H](c1ccc(C(=O)NCCC(=O)OCC)cc1)[C@H](C(=O)OC(C)(C)C)c1ccc(OC(F)(F)F)cc1. The van der Waals surface area contributed by atoms with Crippen LogP contribution in [0.25, 0.3) is 0 Å². The van der Waals surface area contributed by atoms with Crippen LogP contribution in [-0.2, 0) is 19.1 Å². The zero-order valence-corrected chi connectivity index (χ0v) is 22.9. The number of alkyl halides is 3. The molecule has 2 aromatic rings. The molecule has 2 aromatic carbocycles. The summed E-state index contributed by atoms with van der Waals surface area (Å²) in [5, 5.41) is 2.67. The molecule has 0 spiro atoms. The molecule has 1 N–H and O–H groups in total. The van der Waals surface area contributed by atoms with Gasteiger partial charge in [-0.2, -0.15) is 0 Å². The molecule has 0 fully saturated rings. The molecule has 0 saturated carbocycles. The van der Waals surface area contributed by atoms with E-state index in [4.69, 9.17) is 9.47 Å². The van der Waals surface area contributed by atoms with Crippen LogP contribution in [-0.4, -0.2) is 43.0 Å². The number of benzene rings is 2. The molecule has 0 heterocycles. The standard InChI is InChI=1S/C29H36F3NO6/c1-6-8-23(19-9-11-21(12-10-19)26(35)33-18-17-24(34)37-7-2)25(27(36)39-28(3,4)5)20-13-15-22(16-14-20)38-29(30,31)32/h9-16,23,25H,6-8,17-18H2,1-5H3,(H,33,35)/t23-,25-/m1/s1. The Bertz CT molecular complexity index is 1090. The van der Waals surface area contributed by atoms with Crippen molar-refractivity contribution in [3.63, 3.8) is 0 Å². The predicted octanol–water partition coefficient (Wildman–Crippen LogP) is 6.28. The van der Waals surface area contributed by atoms with Gasteiger partial charge in [-0.25, -0.2) is 0 Å². The molecule has 2 rings (SSSR count). The van der Waals surface area contributed by atoms with E-state index in [1.54, 1.807) is 52.0 Å².